The Kier molecular flexibility index (Phi) is 3.52. The molecule has 0 aliphatic heterocycles. The molecule has 0 N–H and O–H groups in total. The minimum atomic E-state index is -5.02. The lowest BCUT2D eigenvalue weighted by Crippen LogP contribution is -2.18. The van der Waals surface area contributed by atoms with Crippen LogP contribution in [0.5, 0.6) is 5.75 Å². The van der Waals surface area contributed by atoms with Crippen molar-refractivity contribution in [1.82, 2.24) is 4.98 Å². The highest BCUT2D eigenvalue weighted by atomic mass is 79.9. The van der Waals surface area contributed by atoms with E-state index >= 15 is 0 Å². The Morgan fingerprint density at radius 2 is 2.18 bits per heavy atom. The molecule has 90 valence electrons. The number of nitro groups is 1. The Morgan fingerprint density at radius 1 is 1.59 bits per heavy atom. The summed E-state index contributed by atoms with van der Waals surface area (Å²) in [5, 5.41) is 18.9. The monoisotopic (exact) mass is 311 g/mol. The molecule has 0 aliphatic carbocycles. The van der Waals surface area contributed by atoms with Crippen LogP contribution >= 0.6 is 15.9 Å². The van der Waals surface area contributed by atoms with Gasteiger partial charge < -0.3 is 14.9 Å². The second kappa shape index (κ2) is 4.54. The maximum absolute atomic E-state index is 12.0. The summed E-state index contributed by atoms with van der Waals surface area (Å²) in [4.78, 5) is 12.5. The Labute approximate surface area is 99.9 Å². The normalized spacial score (nSPS) is 10.8. The molecule has 0 aromatic carbocycles. The molecule has 0 saturated heterocycles. The van der Waals surface area contributed by atoms with Crippen molar-refractivity contribution in [2.75, 3.05) is 0 Å². The van der Waals surface area contributed by atoms with Gasteiger partial charge in [-0.2, -0.15) is 5.26 Å². The van der Waals surface area contributed by atoms with E-state index in [-0.39, 0.29) is 4.47 Å². The topological polar surface area (TPSA) is 89.0 Å². The molecule has 1 aromatic heterocycles. The third-order valence-corrected chi connectivity index (χ3v) is 2.01. The van der Waals surface area contributed by atoms with Crippen LogP contribution in [-0.4, -0.2) is 16.3 Å². The second-order valence-corrected chi connectivity index (χ2v) is 3.41. The fraction of sp³-hybridized carbons (Fsp3) is 0.143. The average Bonchev–Trinajstić information content (AvgIpc) is 2.18. The molecule has 0 unspecified atom stereocenters. The van der Waals surface area contributed by atoms with Crippen LogP contribution in [0.3, 0.4) is 0 Å². The molecular formula is C7HBrF3N3O3. The van der Waals surface area contributed by atoms with E-state index in [1.807, 2.05) is 0 Å². The van der Waals surface area contributed by atoms with Gasteiger partial charge in [-0.25, -0.2) is 0 Å². The van der Waals surface area contributed by atoms with Gasteiger partial charge in [0.2, 0.25) is 5.75 Å². The highest BCUT2D eigenvalue weighted by Gasteiger charge is 2.35. The summed E-state index contributed by atoms with van der Waals surface area (Å²) in [5.41, 5.74) is -0.830. The zero-order valence-corrected chi connectivity index (χ0v) is 9.24. The first-order valence-corrected chi connectivity index (χ1v) is 4.54. The van der Waals surface area contributed by atoms with Gasteiger partial charge in [-0.05, 0) is 25.8 Å². The van der Waals surface area contributed by atoms with Crippen LogP contribution in [-0.2, 0) is 0 Å². The van der Waals surface area contributed by atoms with E-state index in [1.54, 1.807) is 0 Å². The molecule has 1 heterocycles. The smallest absolute Gasteiger partial charge is 0.399 e. The number of nitriles is 1. The highest BCUT2D eigenvalue weighted by molar-refractivity contribution is 9.10. The van der Waals surface area contributed by atoms with E-state index in [0.717, 1.165) is 0 Å². The first-order chi connectivity index (χ1) is 7.74. The summed E-state index contributed by atoms with van der Waals surface area (Å²) in [7, 11) is 0. The lowest BCUT2D eigenvalue weighted by Gasteiger charge is -2.09. The lowest BCUT2D eigenvalue weighted by atomic mass is 10.3. The number of aromatic nitrogens is 1. The third kappa shape index (κ3) is 3.28. The molecule has 0 atom stereocenters. The number of hydrogen-bond acceptors (Lipinski definition) is 5. The minimum absolute atomic E-state index is 0.381. The molecule has 6 nitrogen and oxygen atoms in total. The van der Waals surface area contributed by atoms with E-state index in [0.29, 0.717) is 6.07 Å². The zero-order chi connectivity index (χ0) is 13.2. The summed E-state index contributed by atoms with van der Waals surface area (Å²) in [5.74, 6) is -1.67. The second-order valence-electron chi connectivity index (χ2n) is 2.56. The molecule has 0 amide bonds. The van der Waals surface area contributed by atoms with Gasteiger partial charge in [0, 0.05) is 0 Å². The molecule has 0 bridgehead atoms. The van der Waals surface area contributed by atoms with Crippen molar-refractivity contribution in [3.05, 3.63) is 26.3 Å². The van der Waals surface area contributed by atoms with E-state index < -0.39 is 28.5 Å². The number of pyridine rings is 1. The first-order valence-electron chi connectivity index (χ1n) is 3.75. The maximum atomic E-state index is 12.0. The van der Waals surface area contributed by atoms with Crippen LogP contribution in [0, 0.1) is 21.4 Å². The van der Waals surface area contributed by atoms with Crippen molar-refractivity contribution < 1.29 is 22.8 Å². The molecule has 0 saturated carbocycles. The van der Waals surface area contributed by atoms with Crippen molar-refractivity contribution in [2.24, 2.45) is 0 Å². The number of halogens is 4. The third-order valence-electron chi connectivity index (χ3n) is 1.42. The number of alkyl halides is 3. The fourth-order valence-electron chi connectivity index (χ4n) is 0.872. The molecule has 17 heavy (non-hydrogen) atoms. The predicted molar refractivity (Wildman–Crippen MR) is 50.0 cm³/mol. The summed E-state index contributed by atoms with van der Waals surface area (Å²) in [6, 6.07) is 1.99. The largest absolute Gasteiger partial charge is 0.573 e. The summed E-state index contributed by atoms with van der Waals surface area (Å²) in [6.45, 7) is 0. The Bertz CT molecular complexity index is 512. The average molecular weight is 312 g/mol. The number of nitrogens with zero attached hydrogens (tertiary/aromatic N) is 3. The minimum Gasteiger partial charge on any atom is -0.399 e. The van der Waals surface area contributed by atoms with Gasteiger partial charge in [0.15, 0.2) is 6.07 Å². The Hall–Kier alpha value is -1.89. The standard InChI is InChI=1S/C7HBrF3N3O3/c8-3-1-5(14(15)16)13-4(2-12)6(3)17-7(9,10)11/h1H. The molecule has 1 rings (SSSR count). The predicted octanol–water partition coefficient (Wildman–Crippen LogP) is 2.52. The van der Waals surface area contributed by atoms with E-state index in [9.17, 15) is 23.3 Å². The summed E-state index contributed by atoms with van der Waals surface area (Å²) < 4.78 is 39.1. The van der Waals surface area contributed by atoms with Gasteiger partial charge in [-0.3, -0.25) is 0 Å². The van der Waals surface area contributed by atoms with Crippen molar-refractivity contribution in [3.8, 4) is 11.8 Å². The van der Waals surface area contributed by atoms with Crippen LogP contribution < -0.4 is 4.74 Å². The van der Waals surface area contributed by atoms with E-state index in [2.05, 4.69) is 25.7 Å². The quantitative estimate of drug-likeness (QED) is 0.618. The van der Waals surface area contributed by atoms with Crippen LogP contribution in [0.1, 0.15) is 5.69 Å². The van der Waals surface area contributed by atoms with Gasteiger partial charge in [0.25, 0.3) is 5.69 Å². The molecule has 1 aromatic rings. The molecule has 0 radical (unpaired) electrons. The van der Waals surface area contributed by atoms with Gasteiger partial charge in [0.1, 0.15) is 0 Å². The van der Waals surface area contributed by atoms with Crippen LogP contribution in [0.25, 0.3) is 0 Å². The van der Waals surface area contributed by atoms with Crippen LogP contribution in [0.15, 0.2) is 10.5 Å². The van der Waals surface area contributed by atoms with Crippen molar-refractivity contribution >= 4 is 21.7 Å². The lowest BCUT2D eigenvalue weighted by molar-refractivity contribution is -0.389. The SMILES string of the molecule is N#Cc1nc([N+](=O)[O-])cc(Br)c1OC(F)(F)F. The summed E-state index contributed by atoms with van der Waals surface area (Å²) >= 11 is 2.64. The Morgan fingerprint density at radius 3 is 2.59 bits per heavy atom. The number of rotatable bonds is 2. The number of hydrogen-bond donors (Lipinski definition) is 0. The first kappa shape index (κ1) is 13.2. The van der Waals surface area contributed by atoms with E-state index in [4.69, 9.17) is 5.26 Å². The van der Waals surface area contributed by atoms with Crippen LogP contribution in [0.2, 0.25) is 0 Å². The highest BCUT2D eigenvalue weighted by Crippen LogP contribution is 2.34. The van der Waals surface area contributed by atoms with Crippen LogP contribution in [0.4, 0.5) is 19.0 Å². The van der Waals surface area contributed by atoms with E-state index in [1.165, 1.54) is 6.07 Å². The molecule has 0 spiro atoms. The fourth-order valence-corrected chi connectivity index (χ4v) is 1.35. The van der Waals surface area contributed by atoms with Crippen molar-refractivity contribution in [2.45, 2.75) is 6.36 Å². The summed E-state index contributed by atoms with van der Waals surface area (Å²) in [6.07, 6.45) is -5.02. The zero-order valence-electron chi connectivity index (χ0n) is 7.66. The molecule has 0 fully saturated rings. The Balaban J connectivity index is 3.33. The maximum Gasteiger partial charge on any atom is 0.573 e. The molecule has 0 aliphatic rings. The van der Waals surface area contributed by atoms with Gasteiger partial charge in [-0.1, -0.05) is 0 Å². The van der Waals surface area contributed by atoms with Gasteiger partial charge >= 0.3 is 12.2 Å². The number of ether oxygens (including phenoxy) is 1. The van der Waals surface area contributed by atoms with Crippen molar-refractivity contribution in [3.63, 3.8) is 0 Å². The molecule has 10 heteroatoms. The van der Waals surface area contributed by atoms with Gasteiger partial charge in [0.05, 0.1) is 10.5 Å². The van der Waals surface area contributed by atoms with Crippen molar-refractivity contribution in [1.29, 1.82) is 5.26 Å². The molecular weight excluding hydrogens is 311 g/mol. The van der Waals surface area contributed by atoms with Gasteiger partial charge in [-0.15, -0.1) is 13.2 Å².